The Morgan fingerprint density at radius 2 is 1.68 bits per heavy atom. The number of nitrogens with one attached hydrogen (secondary N) is 2. The molecule has 34 heavy (non-hydrogen) atoms. The molecule has 2 aromatic rings. The number of amides is 2. The summed E-state index contributed by atoms with van der Waals surface area (Å²) in [5.41, 5.74) is 2.75. The second-order valence-corrected chi connectivity index (χ2v) is 8.57. The van der Waals surface area contributed by atoms with Gasteiger partial charge in [-0.15, -0.1) is 0 Å². The zero-order chi connectivity index (χ0) is 25.1. The molecule has 0 unspecified atom stereocenters. The van der Waals surface area contributed by atoms with E-state index in [0.717, 1.165) is 16.9 Å². The fourth-order valence-corrected chi connectivity index (χ4v) is 2.99. The summed E-state index contributed by atoms with van der Waals surface area (Å²) in [7, 11) is 3.04. The van der Waals surface area contributed by atoms with Crippen LogP contribution in [-0.4, -0.2) is 50.2 Å². The van der Waals surface area contributed by atoms with E-state index >= 15 is 0 Å². The van der Waals surface area contributed by atoms with E-state index in [1.54, 1.807) is 14.0 Å². The Morgan fingerprint density at radius 1 is 1.03 bits per heavy atom. The Hall–Kier alpha value is -3.55. The van der Waals surface area contributed by atoms with Gasteiger partial charge in [0.15, 0.2) is 0 Å². The van der Waals surface area contributed by atoms with Gasteiger partial charge in [-0.2, -0.15) is 0 Å². The molecule has 0 spiro atoms. The largest absolute Gasteiger partial charge is 0.493 e. The zero-order valence-corrected chi connectivity index (χ0v) is 20.9. The quantitative estimate of drug-likeness (QED) is 0.326. The van der Waals surface area contributed by atoms with Gasteiger partial charge >= 0.3 is 12.0 Å². The van der Waals surface area contributed by atoms with E-state index in [-0.39, 0.29) is 18.5 Å². The van der Waals surface area contributed by atoms with Crippen LogP contribution in [-0.2, 0) is 16.1 Å². The maximum atomic E-state index is 13.1. The van der Waals surface area contributed by atoms with E-state index in [1.165, 1.54) is 12.0 Å². The number of carbonyl (C=O) groups is 2. The van der Waals surface area contributed by atoms with Crippen LogP contribution in [0.25, 0.3) is 0 Å². The molecule has 0 aromatic heterocycles. The standard InChI is InChI=1S/C26H36N4O4/c1-18(2)17-34-23-13-11-22(12-14-23)29-25(27-5)30(16-21-9-7-19(3)8-10-21)26(32)28-15-20(4)24(31)33-6/h7-14,18,20H,15-17H2,1-6H3,(H,27,29)(H,28,32)/t20-/m0/s1. The summed E-state index contributed by atoms with van der Waals surface area (Å²) >= 11 is 0. The minimum absolute atomic E-state index is 0.148. The lowest BCUT2D eigenvalue weighted by molar-refractivity contribution is -0.144. The van der Waals surface area contributed by atoms with E-state index in [1.807, 2.05) is 55.5 Å². The Morgan fingerprint density at radius 3 is 2.24 bits per heavy atom. The molecule has 0 radical (unpaired) electrons. The molecule has 2 amide bonds. The van der Waals surface area contributed by atoms with Gasteiger partial charge in [-0.05, 0) is 42.7 Å². The first-order valence-electron chi connectivity index (χ1n) is 11.4. The summed E-state index contributed by atoms with van der Waals surface area (Å²) in [4.78, 5) is 31.0. The Balaban J connectivity index is 2.25. The molecule has 8 nitrogen and oxygen atoms in total. The van der Waals surface area contributed by atoms with Gasteiger partial charge in [0.05, 0.1) is 31.9 Å². The lowest BCUT2D eigenvalue weighted by Gasteiger charge is -2.25. The number of esters is 1. The lowest BCUT2D eigenvalue weighted by Crippen LogP contribution is -2.49. The van der Waals surface area contributed by atoms with Crippen molar-refractivity contribution in [1.29, 1.82) is 0 Å². The van der Waals surface area contributed by atoms with Gasteiger partial charge in [-0.3, -0.25) is 9.69 Å². The number of hydrogen-bond acceptors (Lipinski definition) is 5. The molecule has 1 atom stereocenters. The highest BCUT2D eigenvalue weighted by atomic mass is 16.5. The number of aliphatic imine (C=N–C) groups is 1. The van der Waals surface area contributed by atoms with Crippen LogP contribution in [0.4, 0.5) is 10.5 Å². The van der Waals surface area contributed by atoms with Crippen molar-refractivity contribution in [1.82, 2.24) is 15.5 Å². The van der Waals surface area contributed by atoms with Gasteiger partial charge in [-0.25, -0.2) is 9.79 Å². The Bertz CT molecular complexity index is 956. The van der Waals surface area contributed by atoms with Gasteiger partial charge in [0, 0.05) is 13.6 Å². The molecule has 2 N–H and O–H groups in total. The topological polar surface area (TPSA) is 92.3 Å². The molecule has 0 saturated carbocycles. The van der Waals surface area contributed by atoms with Crippen molar-refractivity contribution in [2.45, 2.75) is 34.2 Å². The zero-order valence-electron chi connectivity index (χ0n) is 20.9. The van der Waals surface area contributed by atoms with Crippen molar-refractivity contribution in [2.75, 3.05) is 27.3 Å². The van der Waals surface area contributed by atoms with Crippen LogP contribution in [0.5, 0.6) is 5.75 Å². The Kier molecular flexibility index (Phi) is 10.4. The monoisotopic (exact) mass is 468 g/mol. The lowest BCUT2D eigenvalue weighted by atomic mass is 10.1. The summed E-state index contributed by atoms with van der Waals surface area (Å²) < 4.78 is 10.5. The van der Waals surface area contributed by atoms with Crippen molar-refractivity contribution < 1.29 is 19.1 Å². The summed E-state index contributed by atoms with van der Waals surface area (Å²) in [5, 5.41) is 5.84. The van der Waals surface area contributed by atoms with Crippen molar-refractivity contribution in [3.05, 3.63) is 59.7 Å². The van der Waals surface area contributed by atoms with E-state index in [9.17, 15) is 9.59 Å². The van der Waals surface area contributed by atoms with E-state index in [4.69, 9.17) is 9.47 Å². The average molecular weight is 469 g/mol. The number of nitrogens with zero attached hydrogens (tertiary/aromatic N) is 2. The number of ether oxygens (including phenoxy) is 2. The number of hydrogen-bond donors (Lipinski definition) is 2. The molecular formula is C26H36N4O4. The first-order valence-corrected chi connectivity index (χ1v) is 11.4. The van der Waals surface area contributed by atoms with Gasteiger partial charge in [0.2, 0.25) is 5.96 Å². The molecule has 0 saturated heterocycles. The molecular weight excluding hydrogens is 432 g/mol. The number of rotatable bonds is 9. The normalized spacial score (nSPS) is 12.1. The maximum Gasteiger partial charge on any atom is 0.324 e. The van der Waals surface area contributed by atoms with Gasteiger partial charge in [0.25, 0.3) is 0 Å². The molecule has 0 fully saturated rings. The third-order valence-corrected chi connectivity index (χ3v) is 5.00. The predicted molar refractivity (Wildman–Crippen MR) is 134 cm³/mol. The third-order valence-electron chi connectivity index (χ3n) is 5.00. The van der Waals surface area contributed by atoms with Crippen molar-refractivity contribution in [3.63, 3.8) is 0 Å². The average Bonchev–Trinajstić information content (AvgIpc) is 2.84. The molecule has 2 aromatic carbocycles. The fourth-order valence-electron chi connectivity index (χ4n) is 2.99. The number of aryl methyl sites for hydroxylation is 1. The first-order chi connectivity index (χ1) is 16.2. The summed E-state index contributed by atoms with van der Waals surface area (Å²) in [5.74, 6) is 0.727. The van der Waals surface area contributed by atoms with Gasteiger partial charge in [0.1, 0.15) is 5.75 Å². The highest BCUT2D eigenvalue weighted by molar-refractivity contribution is 5.97. The van der Waals surface area contributed by atoms with Crippen LogP contribution in [0.15, 0.2) is 53.5 Å². The fraction of sp³-hybridized carbons (Fsp3) is 0.423. The van der Waals surface area contributed by atoms with Crippen molar-refractivity contribution in [2.24, 2.45) is 16.8 Å². The predicted octanol–water partition coefficient (Wildman–Crippen LogP) is 4.26. The van der Waals surface area contributed by atoms with Crippen LogP contribution in [0, 0.1) is 18.8 Å². The second kappa shape index (κ2) is 13.2. The molecule has 0 aliphatic rings. The van der Waals surface area contributed by atoms with Crippen LogP contribution >= 0.6 is 0 Å². The molecule has 0 heterocycles. The summed E-state index contributed by atoms with van der Waals surface area (Å²) in [6, 6.07) is 15.0. The molecule has 184 valence electrons. The van der Waals surface area contributed by atoms with E-state index in [0.29, 0.717) is 30.7 Å². The van der Waals surface area contributed by atoms with Gasteiger partial charge < -0.3 is 20.1 Å². The van der Waals surface area contributed by atoms with Crippen LogP contribution in [0.1, 0.15) is 31.9 Å². The van der Waals surface area contributed by atoms with Crippen LogP contribution < -0.4 is 15.4 Å². The minimum Gasteiger partial charge on any atom is -0.493 e. The molecule has 0 aliphatic carbocycles. The Labute approximate surface area is 202 Å². The molecule has 0 aliphatic heterocycles. The van der Waals surface area contributed by atoms with Crippen LogP contribution in [0.2, 0.25) is 0 Å². The van der Waals surface area contributed by atoms with Crippen molar-refractivity contribution >= 4 is 23.6 Å². The summed E-state index contributed by atoms with van der Waals surface area (Å²) in [6.07, 6.45) is 0. The SMILES string of the molecule is CN/C(=N\c1ccc(OCC(C)C)cc1)N(Cc1ccc(C)cc1)C(=O)NC[C@H](C)C(=O)OC. The molecule has 2 rings (SSSR count). The number of guanidine groups is 1. The van der Waals surface area contributed by atoms with Gasteiger partial charge in [-0.1, -0.05) is 50.6 Å². The van der Waals surface area contributed by atoms with Crippen LogP contribution in [0.3, 0.4) is 0 Å². The number of urea groups is 1. The molecule has 0 bridgehead atoms. The van der Waals surface area contributed by atoms with Crippen molar-refractivity contribution in [3.8, 4) is 5.75 Å². The maximum absolute atomic E-state index is 13.1. The number of carbonyl (C=O) groups excluding carboxylic acids is 2. The highest BCUT2D eigenvalue weighted by Gasteiger charge is 2.22. The highest BCUT2D eigenvalue weighted by Crippen LogP contribution is 2.20. The third kappa shape index (κ3) is 8.42. The van der Waals surface area contributed by atoms with E-state index < -0.39 is 5.92 Å². The summed E-state index contributed by atoms with van der Waals surface area (Å²) in [6.45, 7) is 8.99. The van der Waals surface area contributed by atoms with E-state index in [2.05, 4.69) is 29.5 Å². The molecule has 8 heteroatoms. The second-order valence-electron chi connectivity index (χ2n) is 8.57. The first kappa shape index (κ1) is 26.7. The number of methoxy groups -OCH3 is 1. The smallest absolute Gasteiger partial charge is 0.324 e. The number of benzene rings is 2. The minimum atomic E-state index is -0.469.